The lowest BCUT2D eigenvalue weighted by Crippen LogP contribution is -2.57. The van der Waals surface area contributed by atoms with E-state index in [1.165, 1.54) is 0 Å². The van der Waals surface area contributed by atoms with Gasteiger partial charge in [-0.05, 0) is 19.8 Å². The number of ether oxygens (including phenoxy) is 1. The van der Waals surface area contributed by atoms with Gasteiger partial charge in [0.05, 0.1) is 13.2 Å². The predicted octanol–water partition coefficient (Wildman–Crippen LogP) is -0.554. The molecule has 1 N–H and O–H groups in total. The van der Waals surface area contributed by atoms with E-state index in [0.717, 1.165) is 32.5 Å². The van der Waals surface area contributed by atoms with Crippen molar-refractivity contribution in [3.63, 3.8) is 0 Å². The highest BCUT2D eigenvalue weighted by atomic mass is 16.5. The van der Waals surface area contributed by atoms with Crippen LogP contribution in [0.25, 0.3) is 0 Å². The summed E-state index contributed by atoms with van der Waals surface area (Å²) in [7, 11) is 0. The number of nitrogens with one attached hydrogen (secondary N) is 1. The fourth-order valence-electron chi connectivity index (χ4n) is 2.65. The van der Waals surface area contributed by atoms with Gasteiger partial charge < -0.3 is 15.0 Å². The summed E-state index contributed by atoms with van der Waals surface area (Å²) in [6.07, 6.45) is 2.18. The summed E-state index contributed by atoms with van der Waals surface area (Å²) in [6.45, 7) is 6.30. The molecule has 0 saturated carbocycles. The van der Waals surface area contributed by atoms with Crippen molar-refractivity contribution in [2.24, 2.45) is 0 Å². The first-order chi connectivity index (χ1) is 9.22. The Bertz CT molecular complexity index is 329. The Morgan fingerprint density at radius 1 is 1.26 bits per heavy atom. The summed E-state index contributed by atoms with van der Waals surface area (Å²) in [4.78, 5) is 27.9. The third-order valence-corrected chi connectivity index (χ3v) is 3.71. The number of nitrogens with zero attached hydrogens (tertiary/aromatic N) is 2. The molecule has 2 aliphatic rings. The highest BCUT2D eigenvalue weighted by Crippen LogP contribution is 2.11. The second kappa shape index (κ2) is 6.86. The van der Waals surface area contributed by atoms with Crippen molar-refractivity contribution >= 4 is 11.9 Å². The summed E-state index contributed by atoms with van der Waals surface area (Å²) in [5, 5.41) is 3.18. The van der Waals surface area contributed by atoms with E-state index in [1.807, 2.05) is 9.80 Å². The van der Waals surface area contributed by atoms with Crippen LogP contribution in [0.4, 0.5) is 0 Å². The molecule has 1 unspecified atom stereocenters. The molecule has 2 rings (SSSR count). The van der Waals surface area contributed by atoms with Crippen molar-refractivity contribution in [3.8, 4) is 0 Å². The molecule has 6 heteroatoms. The second-order valence-electron chi connectivity index (χ2n) is 5.03. The van der Waals surface area contributed by atoms with Crippen LogP contribution in [0.2, 0.25) is 0 Å². The number of amides is 1. The molecule has 0 aromatic carbocycles. The largest absolute Gasteiger partial charge is 0.465 e. The first-order valence-electron chi connectivity index (χ1n) is 7.11. The predicted molar refractivity (Wildman–Crippen MR) is 70.7 cm³/mol. The van der Waals surface area contributed by atoms with Gasteiger partial charge in [-0.3, -0.25) is 14.5 Å². The molecule has 0 radical (unpaired) electrons. The van der Waals surface area contributed by atoms with Crippen LogP contribution in [0.3, 0.4) is 0 Å². The molecule has 6 nitrogen and oxygen atoms in total. The van der Waals surface area contributed by atoms with Gasteiger partial charge >= 0.3 is 5.97 Å². The first kappa shape index (κ1) is 14.3. The lowest BCUT2D eigenvalue weighted by atomic mass is 10.2. The van der Waals surface area contributed by atoms with E-state index in [9.17, 15) is 9.59 Å². The van der Waals surface area contributed by atoms with Crippen molar-refractivity contribution in [1.29, 1.82) is 0 Å². The van der Waals surface area contributed by atoms with E-state index >= 15 is 0 Å². The Labute approximate surface area is 114 Å². The van der Waals surface area contributed by atoms with Crippen molar-refractivity contribution in [3.05, 3.63) is 0 Å². The van der Waals surface area contributed by atoms with E-state index in [4.69, 9.17) is 4.74 Å². The zero-order valence-electron chi connectivity index (χ0n) is 11.6. The Kier molecular flexibility index (Phi) is 5.15. The maximum atomic E-state index is 12.2. The molecular formula is C13H23N3O3. The highest BCUT2D eigenvalue weighted by Gasteiger charge is 2.32. The molecule has 1 amide bonds. The van der Waals surface area contributed by atoms with E-state index in [-0.39, 0.29) is 17.9 Å². The smallest absolute Gasteiger partial charge is 0.324 e. The van der Waals surface area contributed by atoms with Crippen LogP contribution >= 0.6 is 0 Å². The maximum absolute atomic E-state index is 12.2. The van der Waals surface area contributed by atoms with Gasteiger partial charge in [-0.2, -0.15) is 0 Å². The number of hydrogen-bond donors (Lipinski definition) is 1. The lowest BCUT2D eigenvalue weighted by molar-refractivity contribution is -0.151. The lowest BCUT2D eigenvalue weighted by Gasteiger charge is -2.34. The van der Waals surface area contributed by atoms with Crippen molar-refractivity contribution in [2.75, 3.05) is 45.9 Å². The summed E-state index contributed by atoms with van der Waals surface area (Å²) in [5.41, 5.74) is 0. The highest BCUT2D eigenvalue weighted by molar-refractivity contribution is 5.81. The normalized spacial score (nSPS) is 24.5. The molecule has 0 aromatic rings. The maximum Gasteiger partial charge on any atom is 0.324 e. The number of esters is 1. The molecule has 0 aromatic heterocycles. The Balaban J connectivity index is 1.91. The quantitative estimate of drug-likeness (QED) is 0.694. The Morgan fingerprint density at radius 3 is 2.68 bits per heavy atom. The van der Waals surface area contributed by atoms with Gasteiger partial charge in [0.25, 0.3) is 0 Å². The van der Waals surface area contributed by atoms with Crippen LogP contribution < -0.4 is 5.32 Å². The van der Waals surface area contributed by atoms with Crippen LogP contribution in [0.15, 0.2) is 0 Å². The van der Waals surface area contributed by atoms with Crippen LogP contribution in [0.5, 0.6) is 0 Å². The molecule has 108 valence electrons. The molecule has 2 saturated heterocycles. The molecule has 0 aliphatic carbocycles. The van der Waals surface area contributed by atoms with Gasteiger partial charge in [0, 0.05) is 32.7 Å². The summed E-state index contributed by atoms with van der Waals surface area (Å²) in [5.74, 6) is -0.0994. The van der Waals surface area contributed by atoms with Crippen molar-refractivity contribution in [2.45, 2.75) is 25.8 Å². The molecule has 2 fully saturated rings. The standard InChI is InChI=1S/C13H23N3O3/c1-2-19-13(18)11-9-14-5-8-16(11)10-12(17)15-6-3-4-7-15/h11,14H,2-10H2,1H3. The number of carbonyl (C=O) groups is 2. The van der Waals surface area contributed by atoms with Crippen LogP contribution in [-0.2, 0) is 14.3 Å². The third kappa shape index (κ3) is 3.67. The minimum Gasteiger partial charge on any atom is -0.465 e. The third-order valence-electron chi connectivity index (χ3n) is 3.71. The van der Waals surface area contributed by atoms with Gasteiger partial charge in [-0.25, -0.2) is 0 Å². The van der Waals surface area contributed by atoms with Crippen LogP contribution in [-0.4, -0.2) is 73.6 Å². The Hall–Kier alpha value is -1.14. The number of carbonyl (C=O) groups excluding carboxylic acids is 2. The minimum absolute atomic E-state index is 0.133. The summed E-state index contributed by atoms with van der Waals surface area (Å²) in [6, 6.07) is -0.333. The number of piperazine rings is 1. The topological polar surface area (TPSA) is 61.9 Å². The molecule has 2 aliphatic heterocycles. The van der Waals surface area contributed by atoms with Crippen LogP contribution in [0, 0.1) is 0 Å². The zero-order chi connectivity index (χ0) is 13.7. The average molecular weight is 269 g/mol. The number of rotatable bonds is 4. The average Bonchev–Trinajstić information content (AvgIpc) is 2.93. The van der Waals surface area contributed by atoms with Gasteiger partial charge in [0.2, 0.25) is 5.91 Å². The molecule has 19 heavy (non-hydrogen) atoms. The molecule has 1 atom stereocenters. The van der Waals surface area contributed by atoms with E-state index in [1.54, 1.807) is 6.92 Å². The van der Waals surface area contributed by atoms with Crippen molar-refractivity contribution in [1.82, 2.24) is 15.1 Å². The SMILES string of the molecule is CCOC(=O)C1CNCCN1CC(=O)N1CCCC1. The molecule has 0 spiro atoms. The van der Waals surface area contributed by atoms with Crippen molar-refractivity contribution < 1.29 is 14.3 Å². The number of hydrogen-bond acceptors (Lipinski definition) is 5. The van der Waals surface area contributed by atoms with Gasteiger partial charge in [-0.15, -0.1) is 0 Å². The van der Waals surface area contributed by atoms with Crippen LogP contribution in [0.1, 0.15) is 19.8 Å². The molecule has 2 heterocycles. The Morgan fingerprint density at radius 2 is 2.00 bits per heavy atom. The van der Waals surface area contributed by atoms with E-state index in [2.05, 4.69) is 5.32 Å². The number of likely N-dealkylation sites (tertiary alicyclic amines) is 1. The molecular weight excluding hydrogens is 246 g/mol. The summed E-state index contributed by atoms with van der Waals surface area (Å²) >= 11 is 0. The van der Waals surface area contributed by atoms with E-state index < -0.39 is 0 Å². The van der Waals surface area contributed by atoms with Gasteiger partial charge in [0.1, 0.15) is 6.04 Å². The zero-order valence-corrected chi connectivity index (χ0v) is 11.6. The fraction of sp³-hybridized carbons (Fsp3) is 0.846. The van der Waals surface area contributed by atoms with Gasteiger partial charge in [0.15, 0.2) is 0 Å². The first-order valence-corrected chi connectivity index (χ1v) is 7.11. The van der Waals surface area contributed by atoms with E-state index in [0.29, 0.717) is 26.2 Å². The molecule has 0 bridgehead atoms. The monoisotopic (exact) mass is 269 g/mol. The fourth-order valence-corrected chi connectivity index (χ4v) is 2.65. The van der Waals surface area contributed by atoms with Gasteiger partial charge in [-0.1, -0.05) is 0 Å². The second-order valence-corrected chi connectivity index (χ2v) is 5.03. The summed E-state index contributed by atoms with van der Waals surface area (Å²) < 4.78 is 5.07. The minimum atomic E-state index is -0.333.